The van der Waals surface area contributed by atoms with Gasteiger partial charge >= 0.3 is 5.97 Å². The second kappa shape index (κ2) is 13.3. The third-order valence-electron chi connectivity index (χ3n) is 6.69. The van der Waals surface area contributed by atoms with E-state index < -0.39 is 12.0 Å². The van der Waals surface area contributed by atoms with Crippen LogP contribution in [0.15, 0.2) is 87.8 Å². The van der Waals surface area contributed by atoms with Gasteiger partial charge in [0, 0.05) is 5.02 Å². The molecule has 0 N–H and O–H groups in total. The van der Waals surface area contributed by atoms with Crippen molar-refractivity contribution >= 4 is 57.6 Å². The van der Waals surface area contributed by atoms with Gasteiger partial charge in [-0.1, -0.05) is 72.3 Å². The lowest BCUT2D eigenvalue weighted by molar-refractivity contribution is -0.136. The van der Waals surface area contributed by atoms with Gasteiger partial charge in [0.05, 0.1) is 39.1 Å². The summed E-state index contributed by atoms with van der Waals surface area (Å²) in [6.07, 6.45) is 2.35. The number of thiazole rings is 1. The van der Waals surface area contributed by atoms with Gasteiger partial charge in [0.1, 0.15) is 6.61 Å². The van der Waals surface area contributed by atoms with Gasteiger partial charge in [0.15, 0.2) is 16.3 Å². The highest BCUT2D eigenvalue weighted by Gasteiger charge is 2.33. The summed E-state index contributed by atoms with van der Waals surface area (Å²) in [4.78, 5) is 32.2. The summed E-state index contributed by atoms with van der Waals surface area (Å²) < 4.78 is 20.2. The van der Waals surface area contributed by atoms with Crippen molar-refractivity contribution in [3.05, 3.63) is 123 Å². The van der Waals surface area contributed by atoms with Crippen LogP contribution in [-0.4, -0.2) is 24.3 Å². The quantitative estimate of drug-likeness (QED) is 0.156. The maximum absolute atomic E-state index is 13.9. The van der Waals surface area contributed by atoms with Gasteiger partial charge in [0.25, 0.3) is 5.56 Å². The Bertz CT molecular complexity index is 1830. The van der Waals surface area contributed by atoms with E-state index in [4.69, 9.17) is 30.8 Å². The van der Waals surface area contributed by atoms with Gasteiger partial charge in [-0.15, -0.1) is 0 Å². The van der Waals surface area contributed by atoms with Gasteiger partial charge in [-0.3, -0.25) is 9.36 Å². The fraction of sp³-hybridized carbons (Fsp3) is 0.219. The highest BCUT2D eigenvalue weighted by atomic mass is 127. The third kappa shape index (κ3) is 6.18. The normalized spacial score (nSPS) is 14.8. The zero-order chi connectivity index (χ0) is 29.8. The Labute approximate surface area is 265 Å². The van der Waals surface area contributed by atoms with E-state index in [-0.39, 0.29) is 5.56 Å². The van der Waals surface area contributed by atoms with Gasteiger partial charge < -0.3 is 14.2 Å². The molecule has 7 nitrogen and oxygen atoms in total. The first-order chi connectivity index (χ1) is 20.3. The average molecular weight is 715 g/mol. The van der Waals surface area contributed by atoms with Crippen molar-refractivity contribution in [2.45, 2.75) is 32.9 Å². The summed E-state index contributed by atoms with van der Waals surface area (Å²) in [5.74, 6) is 0.718. The number of hydrogen-bond donors (Lipinski definition) is 0. The Morgan fingerprint density at radius 2 is 1.83 bits per heavy atom. The lowest BCUT2D eigenvalue weighted by Crippen LogP contribution is -2.40. The van der Waals surface area contributed by atoms with Crippen LogP contribution in [0, 0.1) is 3.57 Å². The first kappa shape index (κ1) is 30.1. The molecule has 10 heteroatoms. The Balaban J connectivity index is 1.59. The van der Waals surface area contributed by atoms with E-state index in [0.29, 0.717) is 56.8 Å². The van der Waals surface area contributed by atoms with E-state index in [9.17, 15) is 9.59 Å². The molecule has 0 saturated heterocycles. The number of carbonyl (C=O) groups excluding carboxylic acids is 1. The van der Waals surface area contributed by atoms with Crippen LogP contribution in [0.5, 0.6) is 11.5 Å². The highest BCUT2D eigenvalue weighted by molar-refractivity contribution is 14.1. The highest BCUT2D eigenvalue weighted by Crippen LogP contribution is 2.35. The minimum atomic E-state index is -0.644. The molecule has 2 heterocycles. The van der Waals surface area contributed by atoms with Crippen LogP contribution >= 0.6 is 45.5 Å². The van der Waals surface area contributed by atoms with Crippen molar-refractivity contribution in [2.75, 3.05) is 13.7 Å². The standard InChI is InChI=1S/C32H28ClIN2O5S/c1-4-24-27(31(38)39-3)28(21-9-7-6-8-10-21)36-30(37)26(42-32(36)35-24)17-20-15-23(34)29(25(16-20)40-5-2)41-18-19-11-13-22(33)14-12-19/h6-17,28H,4-5,18H2,1-3H3/b26-17+/t28-/m0/s1. The van der Waals surface area contributed by atoms with Crippen LogP contribution in [0.1, 0.15) is 43.0 Å². The van der Waals surface area contributed by atoms with Crippen LogP contribution in [0.4, 0.5) is 0 Å². The molecule has 1 aromatic heterocycles. The Morgan fingerprint density at radius 3 is 2.50 bits per heavy atom. The number of aromatic nitrogens is 1. The lowest BCUT2D eigenvalue weighted by Gasteiger charge is -2.25. The van der Waals surface area contributed by atoms with Crippen molar-refractivity contribution < 1.29 is 19.0 Å². The molecule has 0 radical (unpaired) electrons. The first-order valence-electron chi connectivity index (χ1n) is 13.4. The summed E-state index contributed by atoms with van der Waals surface area (Å²) in [6.45, 7) is 4.65. The Hall–Kier alpha value is -3.41. The predicted octanol–water partition coefficient (Wildman–Crippen LogP) is 6.03. The van der Waals surface area contributed by atoms with Crippen molar-refractivity contribution in [1.29, 1.82) is 0 Å². The van der Waals surface area contributed by atoms with Crippen LogP contribution in [-0.2, 0) is 16.1 Å². The smallest absolute Gasteiger partial charge is 0.338 e. The van der Waals surface area contributed by atoms with E-state index in [0.717, 1.165) is 20.3 Å². The molecule has 0 unspecified atom stereocenters. The molecule has 1 aliphatic rings. The average Bonchev–Trinajstić information content (AvgIpc) is 3.30. The first-order valence-corrected chi connectivity index (χ1v) is 15.6. The van der Waals surface area contributed by atoms with Crippen LogP contribution in [0.3, 0.4) is 0 Å². The molecule has 1 atom stereocenters. The Morgan fingerprint density at radius 1 is 1.10 bits per heavy atom. The van der Waals surface area contributed by atoms with E-state index in [2.05, 4.69) is 22.6 Å². The third-order valence-corrected chi connectivity index (χ3v) is 8.73. The molecule has 0 spiro atoms. The number of methoxy groups -OCH3 is 1. The zero-order valence-corrected chi connectivity index (χ0v) is 27.0. The molecule has 3 aromatic carbocycles. The molecule has 0 bridgehead atoms. The molecule has 216 valence electrons. The van der Waals surface area contributed by atoms with Crippen molar-refractivity contribution in [3.63, 3.8) is 0 Å². The van der Waals surface area contributed by atoms with Crippen LogP contribution in [0.25, 0.3) is 6.08 Å². The maximum atomic E-state index is 13.9. The van der Waals surface area contributed by atoms with Gasteiger partial charge in [-0.05, 0) is 83.0 Å². The van der Waals surface area contributed by atoms with Gasteiger partial charge in [-0.25, -0.2) is 9.79 Å². The molecule has 0 fully saturated rings. The molecule has 1 aliphatic heterocycles. The number of halogens is 2. The predicted molar refractivity (Wildman–Crippen MR) is 173 cm³/mol. The number of fused-ring (bicyclic) bond motifs is 1. The van der Waals surface area contributed by atoms with E-state index >= 15 is 0 Å². The lowest BCUT2D eigenvalue weighted by atomic mass is 9.95. The fourth-order valence-electron chi connectivity index (χ4n) is 4.78. The largest absolute Gasteiger partial charge is 0.490 e. The molecule has 0 saturated carbocycles. The Kier molecular flexibility index (Phi) is 9.50. The summed E-state index contributed by atoms with van der Waals surface area (Å²) in [5.41, 5.74) is 3.32. The van der Waals surface area contributed by atoms with Gasteiger partial charge in [-0.2, -0.15) is 0 Å². The number of rotatable bonds is 9. The van der Waals surface area contributed by atoms with Crippen molar-refractivity contribution in [3.8, 4) is 11.5 Å². The number of ether oxygens (including phenoxy) is 3. The number of esters is 1. The number of nitrogens with zero attached hydrogens (tertiary/aromatic N) is 2. The summed E-state index contributed by atoms with van der Waals surface area (Å²) in [6, 6.07) is 20.2. The number of benzene rings is 3. The molecule has 5 rings (SSSR count). The molecular weight excluding hydrogens is 687 g/mol. The minimum Gasteiger partial charge on any atom is -0.490 e. The van der Waals surface area contributed by atoms with E-state index in [1.807, 2.05) is 86.7 Å². The molecule has 0 aliphatic carbocycles. The second-order valence-corrected chi connectivity index (χ2v) is 12.0. The molecule has 4 aromatic rings. The second-order valence-electron chi connectivity index (χ2n) is 9.38. The summed E-state index contributed by atoms with van der Waals surface area (Å²) in [5, 5.41) is 0.667. The van der Waals surface area contributed by atoms with E-state index in [1.54, 1.807) is 4.57 Å². The minimum absolute atomic E-state index is 0.236. The summed E-state index contributed by atoms with van der Waals surface area (Å²) >= 11 is 9.52. The van der Waals surface area contributed by atoms with Crippen LogP contribution in [0.2, 0.25) is 5.02 Å². The topological polar surface area (TPSA) is 79.1 Å². The van der Waals surface area contributed by atoms with Crippen LogP contribution < -0.4 is 24.4 Å². The zero-order valence-electron chi connectivity index (χ0n) is 23.2. The van der Waals surface area contributed by atoms with E-state index in [1.165, 1.54) is 18.4 Å². The number of carbonyl (C=O) groups is 1. The van der Waals surface area contributed by atoms with Crippen molar-refractivity contribution in [1.82, 2.24) is 4.57 Å². The number of allylic oxidation sites excluding steroid dienone is 1. The van der Waals surface area contributed by atoms with Crippen molar-refractivity contribution in [2.24, 2.45) is 4.99 Å². The maximum Gasteiger partial charge on any atom is 0.338 e. The molecular formula is C32H28ClIN2O5S. The molecule has 0 amide bonds. The summed E-state index contributed by atoms with van der Waals surface area (Å²) in [7, 11) is 1.34. The SMILES string of the molecule is CCOc1cc(/C=c2/sc3n(c2=O)[C@@H](c2ccccc2)C(C(=O)OC)=C(CC)N=3)cc(I)c1OCc1ccc(Cl)cc1. The number of hydrogen-bond acceptors (Lipinski definition) is 7. The van der Waals surface area contributed by atoms with Gasteiger partial charge in [0.2, 0.25) is 0 Å². The molecule has 42 heavy (non-hydrogen) atoms. The fourth-order valence-corrected chi connectivity index (χ4v) is 6.70. The monoisotopic (exact) mass is 714 g/mol.